The molecule has 1 aromatic heterocycles. The van der Waals surface area contributed by atoms with E-state index in [1.807, 2.05) is 0 Å². The molecule has 158 valence electrons. The Balaban J connectivity index is 1.55. The van der Waals surface area contributed by atoms with Gasteiger partial charge in [-0.15, -0.1) is 0 Å². The minimum absolute atomic E-state index is 1.00. The van der Waals surface area contributed by atoms with Crippen molar-refractivity contribution in [2.24, 2.45) is 0 Å². The lowest BCUT2D eigenvalue weighted by Crippen LogP contribution is -1.92. The summed E-state index contributed by atoms with van der Waals surface area (Å²) >= 11 is 0. The van der Waals surface area contributed by atoms with Crippen molar-refractivity contribution in [3.8, 4) is 22.4 Å². The lowest BCUT2D eigenvalue weighted by atomic mass is 9.93. The quantitative estimate of drug-likeness (QED) is 0.249. The Morgan fingerprint density at radius 2 is 1.06 bits per heavy atom. The highest BCUT2D eigenvalue weighted by Crippen LogP contribution is 2.38. The fourth-order valence-electron chi connectivity index (χ4n) is 5.17. The van der Waals surface area contributed by atoms with Crippen LogP contribution in [0.25, 0.3) is 65.6 Å². The monoisotopic (exact) mass is 431 g/mol. The van der Waals surface area contributed by atoms with Crippen molar-refractivity contribution < 1.29 is 0 Å². The highest BCUT2D eigenvalue weighted by molar-refractivity contribution is 6.12. The molecule has 0 saturated heterocycles. The Morgan fingerprint density at radius 1 is 0.412 bits per heavy atom. The van der Waals surface area contributed by atoms with Gasteiger partial charge >= 0.3 is 0 Å². The summed E-state index contributed by atoms with van der Waals surface area (Å²) in [5, 5.41) is 8.60. The molecule has 0 N–H and O–H groups in total. The van der Waals surface area contributed by atoms with Gasteiger partial charge in [0.15, 0.2) is 0 Å². The zero-order valence-corrected chi connectivity index (χ0v) is 18.6. The van der Waals surface area contributed by atoms with Crippen LogP contribution in [0.15, 0.2) is 127 Å². The molecular formula is C33H21N. The van der Waals surface area contributed by atoms with Gasteiger partial charge in [0, 0.05) is 16.5 Å². The number of fused-ring (bicyclic) bond motifs is 4. The summed E-state index contributed by atoms with van der Waals surface area (Å²) in [6.45, 7) is 0. The summed E-state index contributed by atoms with van der Waals surface area (Å²) in [6, 6.07) is 45.5. The molecule has 1 heteroatoms. The van der Waals surface area contributed by atoms with Crippen LogP contribution in [0.4, 0.5) is 0 Å². The first-order valence-electron chi connectivity index (χ1n) is 11.6. The first-order valence-corrected chi connectivity index (χ1v) is 11.6. The molecule has 34 heavy (non-hydrogen) atoms. The van der Waals surface area contributed by atoms with Crippen molar-refractivity contribution in [1.82, 2.24) is 4.98 Å². The maximum Gasteiger partial charge on any atom is 0.0794 e. The van der Waals surface area contributed by atoms with E-state index < -0.39 is 0 Å². The van der Waals surface area contributed by atoms with Gasteiger partial charge in [0.2, 0.25) is 0 Å². The maximum atomic E-state index is 5.30. The van der Waals surface area contributed by atoms with E-state index in [4.69, 9.17) is 4.98 Å². The molecule has 0 aliphatic heterocycles. The van der Waals surface area contributed by atoms with Crippen molar-refractivity contribution in [2.75, 3.05) is 0 Å². The molecule has 0 fully saturated rings. The van der Waals surface area contributed by atoms with Crippen molar-refractivity contribution in [2.45, 2.75) is 0 Å². The summed E-state index contributed by atoms with van der Waals surface area (Å²) in [6.07, 6.45) is 0. The third-order valence-electron chi connectivity index (χ3n) is 6.79. The Morgan fingerprint density at radius 3 is 1.91 bits per heavy atom. The van der Waals surface area contributed by atoms with Crippen LogP contribution in [0.1, 0.15) is 0 Å². The molecule has 0 radical (unpaired) electrons. The molecule has 0 bridgehead atoms. The second-order valence-electron chi connectivity index (χ2n) is 8.83. The van der Waals surface area contributed by atoms with Crippen LogP contribution in [0.3, 0.4) is 0 Å². The molecule has 7 aromatic rings. The van der Waals surface area contributed by atoms with Crippen molar-refractivity contribution in [3.63, 3.8) is 0 Å². The zero-order valence-electron chi connectivity index (χ0n) is 18.6. The molecule has 1 nitrogen and oxygen atoms in total. The number of pyridine rings is 1. The van der Waals surface area contributed by atoms with Crippen LogP contribution in [-0.4, -0.2) is 4.98 Å². The number of rotatable bonds is 2. The fourth-order valence-corrected chi connectivity index (χ4v) is 5.17. The van der Waals surface area contributed by atoms with Gasteiger partial charge in [-0.1, -0.05) is 103 Å². The third kappa shape index (κ3) is 2.98. The van der Waals surface area contributed by atoms with Crippen LogP contribution >= 0.6 is 0 Å². The Kier molecular flexibility index (Phi) is 4.22. The molecule has 0 atom stereocenters. The van der Waals surface area contributed by atoms with E-state index in [9.17, 15) is 0 Å². The molecule has 0 spiro atoms. The molecule has 0 saturated carbocycles. The highest BCUT2D eigenvalue weighted by Gasteiger charge is 2.13. The summed E-state index contributed by atoms with van der Waals surface area (Å²) in [5.74, 6) is 0. The maximum absolute atomic E-state index is 5.30. The van der Waals surface area contributed by atoms with Gasteiger partial charge in [-0.3, -0.25) is 0 Å². The van der Waals surface area contributed by atoms with Crippen LogP contribution in [0.5, 0.6) is 0 Å². The van der Waals surface area contributed by atoms with E-state index in [1.54, 1.807) is 0 Å². The minimum atomic E-state index is 1.00. The zero-order chi connectivity index (χ0) is 22.5. The van der Waals surface area contributed by atoms with Crippen molar-refractivity contribution in [1.29, 1.82) is 0 Å². The summed E-state index contributed by atoms with van der Waals surface area (Å²) in [7, 11) is 0. The SMILES string of the molecule is c1ccc(-c2c3ccccc3cc3ccc(-c4cccc5cc6ccccc6cc45)nc23)cc1. The summed E-state index contributed by atoms with van der Waals surface area (Å²) in [4.78, 5) is 5.30. The molecule has 1 heterocycles. The fraction of sp³-hybridized carbons (Fsp3) is 0. The van der Waals surface area contributed by atoms with Crippen LogP contribution in [-0.2, 0) is 0 Å². The molecule has 0 aliphatic rings. The Labute approximate surface area is 197 Å². The van der Waals surface area contributed by atoms with Crippen molar-refractivity contribution >= 4 is 43.2 Å². The van der Waals surface area contributed by atoms with Crippen LogP contribution in [0, 0.1) is 0 Å². The van der Waals surface area contributed by atoms with E-state index >= 15 is 0 Å². The van der Waals surface area contributed by atoms with Gasteiger partial charge in [-0.05, 0) is 62.1 Å². The van der Waals surface area contributed by atoms with Gasteiger partial charge in [-0.2, -0.15) is 0 Å². The van der Waals surface area contributed by atoms with Crippen LogP contribution in [0.2, 0.25) is 0 Å². The molecular weight excluding hydrogens is 410 g/mol. The van der Waals surface area contributed by atoms with Gasteiger partial charge in [0.05, 0.1) is 11.2 Å². The lowest BCUT2D eigenvalue weighted by Gasteiger charge is -2.14. The minimum Gasteiger partial charge on any atom is -0.247 e. The molecule has 0 unspecified atom stereocenters. The topological polar surface area (TPSA) is 12.9 Å². The van der Waals surface area contributed by atoms with E-state index in [0.717, 1.165) is 22.2 Å². The average molecular weight is 432 g/mol. The number of hydrogen-bond donors (Lipinski definition) is 0. The Hall–Kier alpha value is -4.49. The van der Waals surface area contributed by atoms with E-state index in [1.165, 1.54) is 43.4 Å². The normalized spacial score (nSPS) is 11.5. The molecule has 0 aliphatic carbocycles. The predicted molar refractivity (Wildman–Crippen MR) is 145 cm³/mol. The average Bonchev–Trinajstić information content (AvgIpc) is 2.90. The first kappa shape index (κ1) is 19.0. The number of hydrogen-bond acceptors (Lipinski definition) is 1. The second-order valence-corrected chi connectivity index (χ2v) is 8.83. The van der Waals surface area contributed by atoms with E-state index in [2.05, 4.69) is 127 Å². The third-order valence-corrected chi connectivity index (χ3v) is 6.79. The molecule has 0 amide bonds. The highest BCUT2D eigenvalue weighted by atomic mass is 14.7. The van der Waals surface area contributed by atoms with E-state index in [0.29, 0.717) is 0 Å². The number of benzene rings is 6. The largest absolute Gasteiger partial charge is 0.247 e. The smallest absolute Gasteiger partial charge is 0.0794 e. The van der Waals surface area contributed by atoms with E-state index in [-0.39, 0.29) is 0 Å². The van der Waals surface area contributed by atoms with Crippen LogP contribution < -0.4 is 0 Å². The molecule has 6 aromatic carbocycles. The van der Waals surface area contributed by atoms with Crippen molar-refractivity contribution in [3.05, 3.63) is 127 Å². The number of aromatic nitrogens is 1. The standard InChI is InChI=1S/C33H21N/c1-2-9-22(10-3-1)32-28-15-7-6-13-25(28)20-27-17-18-31(34-33(27)32)29-16-8-14-26-19-23-11-4-5-12-24(23)21-30(26)29/h1-21H. The first-order chi connectivity index (χ1) is 16.8. The van der Waals surface area contributed by atoms with Gasteiger partial charge in [0.1, 0.15) is 0 Å². The second kappa shape index (κ2) is 7.54. The number of nitrogens with zero attached hydrogens (tertiary/aromatic N) is 1. The van der Waals surface area contributed by atoms with Gasteiger partial charge in [0.25, 0.3) is 0 Å². The predicted octanol–water partition coefficient (Wildman–Crippen LogP) is 9.03. The Bertz CT molecular complexity index is 1850. The lowest BCUT2D eigenvalue weighted by molar-refractivity contribution is 1.41. The van der Waals surface area contributed by atoms with Gasteiger partial charge in [-0.25, -0.2) is 4.98 Å². The summed E-state index contributed by atoms with van der Waals surface area (Å²) < 4.78 is 0. The van der Waals surface area contributed by atoms with Gasteiger partial charge < -0.3 is 0 Å². The summed E-state index contributed by atoms with van der Waals surface area (Å²) in [5.41, 5.74) is 5.59. The molecule has 7 rings (SSSR count).